The number of imidazole rings is 1. The van der Waals surface area contributed by atoms with Crippen LogP contribution in [0.1, 0.15) is 17.8 Å². The van der Waals surface area contributed by atoms with Gasteiger partial charge in [-0.3, -0.25) is 4.79 Å². The molecule has 0 spiro atoms. The third kappa shape index (κ3) is 3.98. The number of thioether (sulfide) groups is 1. The number of fused-ring (bicyclic) bond motifs is 2. The highest BCUT2D eigenvalue weighted by molar-refractivity contribution is 7.99. The molecule has 0 atom stereocenters. The molecule has 150 valence electrons. The summed E-state index contributed by atoms with van der Waals surface area (Å²) < 4.78 is 54.4. The topological polar surface area (TPSA) is 59.3 Å². The van der Waals surface area contributed by atoms with Gasteiger partial charge < -0.3 is 4.57 Å². The fraction of sp³-hybridized carbons (Fsp3) is 0.211. The summed E-state index contributed by atoms with van der Waals surface area (Å²) in [5.41, 5.74) is 3.70. The average Bonchev–Trinajstić information content (AvgIpc) is 3.05. The number of nitrogens with zero attached hydrogens (tertiary/aromatic N) is 3. The van der Waals surface area contributed by atoms with E-state index in [1.165, 1.54) is 24.3 Å². The van der Waals surface area contributed by atoms with E-state index in [1.54, 1.807) is 30.0 Å². The molecule has 10 heteroatoms. The summed E-state index contributed by atoms with van der Waals surface area (Å²) in [5, 5.41) is 4.04. The number of halogens is 4. The molecule has 0 saturated heterocycles. The second-order valence-corrected chi connectivity index (χ2v) is 7.48. The van der Waals surface area contributed by atoms with Gasteiger partial charge in [0, 0.05) is 22.6 Å². The highest BCUT2D eigenvalue weighted by Crippen LogP contribution is 2.32. The third-order valence-electron chi connectivity index (χ3n) is 4.37. The molecule has 1 amide bonds. The number of rotatable bonds is 3. The molecule has 3 aromatic rings. The number of hydrazone groups is 1. The molecule has 0 bridgehead atoms. The van der Waals surface area contributed by atoms with E-state index in [4.69, 9.17) is 0 Å². The molecule has 0 unspecified atom stereocenters. The molecule has 0 fully saturated rings. The lowest BCUT2D eigenvalue weighted by Crippen LogP contribution is -2.27. The van der Waals surface area contributed by atoms with Crippen molar-refractivity contribution in [2.24, 2.45) is 5.10 Å². The van der Waals surface area contributed by atoms with Gasteiger partial charge in [-0.05, 0) is 30.3 Å². The van der Waals surface area contributed by atoms with Gasteiger partial charge in [0.15, 0.2) is 0 Å². The zero-order valence-electron chi connectivity index (χ0n) is 14.8. The van der Waals surface area contributed by atoms with Gasteiger partial charge in [-0.25, -0.2) is 14.8 Å². The average molecular weight is 422 g/mol. The zero-order valence-corrected chi connectivity index (χ0v) is 15.6. The number of carbonyl (C=O) groups is 1. The van der Waals surface area contributed by atoms with Crippen LogP contribution in [-0.4, -0.2) is 26.9 Å². The third-order valence-corrected chi connectivity index (χ3v) is 5.45. The monoisotopic (exact) mass is 422 g/mol. The summed E-state index contributed by atoms with van der Waals surface area (Å²) in [6.45, 7) is -0.600. The number of amides is 1. The quantitative estimate of drug-likeness (QED) is 0.508. The van der Waals surface area contributed by atoms with E-state index in [2.05, 4.69) is 15.5 Å². The summed E-state index contributed by atoms with van der Waals surface area (Å²) in [4.78, 5) is 16.8. The van der Waals surface area contributed by atoms with Crippen LogP contribution in [-0.2, 0) is 17.5 Å². The Bertz CT molecular complexity index is 1120. The molecule has 29 heavy (non-hydrogen) atoms. The van der Waals surface area contributed by atoms with Gasteiger partial charge in [0.2, 0.25) is 5.82 Å². The van der Waals surface area contributed by atoms with Crippen LogP contribution >= 0.6 is 11.8 Å². The summed E-state index contributed by atoms with van der Waals surface area (Å²) >= 11 is 1.55. The number of nitrogens with one attached hydrogen (secondary N) is 1. The lowest BCUT2D eigenvalue weighted by Gasteiger charge is -2.17. The number of carbonyl (C=O) groups excluding carboxylic acids is 1. The Morgan fingerprint density at radius 1 is 1.24 bits per heavy atom. The Labute approximate surface area is 166 Å². The maximum atomic E-state index is 13.6. The van der Waals surface area contributed by atoms with Gasteiger partial charge in [0.05, 0.1) is 16.7 Å². The van der Waals surface area contributed by atoms with Crippen molar-refractivity contribution in [2.75, 3.05) is 5.75 Å². The highest BCUT2D eigenvalue weighted by Gasteiger charge is 2.38. The van der Waals surface area contributed by atoms with Gasteiger partial charge in [-0.15, -0.1) is 11.8 Å². The van der Waals surface area contributed by atoms with E-state index < -0.39 is 30.3 Å². The van der Waals surface area contributed by atoms with Crippen LogP contribution < -0.4 is 5.43 Å². The predicted octanol–water partition coefficient (Wildman–Crippen LogP) is 4.21. The van der Waals surface area contributed by atoms with Gasteiger partial charge in [0.1, 0.15) is 12.4 Å². The van der Waals surface area contributed by atoms with Gasteiger partial charge in [-0.2, -0.15) is 18.3 Å². The molecule has 0 aliphatic carbocycles. The first-order valence-corrected chi connectivity index (χ1v) is 9.62. The maximum Gasteiger partial charge on any atom is 0.449 e. The fourth-order valence-corrected chi connectivity index (χ4v) is 4.13. The number of para-hydroxylation sites is 2. The Balaban J connectivity index is 1.59. The largest absolute Gasteiger partial charge is 0.449 e. The van der Waals surface area contributed by atoms with Crippen LogP contribution in [0.5, 0.6) is 0 Å². The lowest BCUT2D eigenvalue weighted by atomic mass is 10.1. The fourth-order valence-electron chi connectivity index (χ4n) is 3.12. The van der Waals surface area contributed by atoms with Crippen LogP contribution in [0.4, 0.5) is 17.6 Å². The van der Waals surface area contributed by atoms with E-state index in [0.717, 1.165) is 9.46 Å². The molecule has 2 aromatic carbocycles. The first-order valence-electron chi connectivity index (χ1n) is 8.63. The molecule has 1 aliphatic heterocycles. The first-order chi connectivity index (χ1) is 13.8. The normalized spacial score (nSPS) is 15.5. The molecule has 2 heterocycles. The van der Waals surface area contributed by atoms with Crippen LogP contribution in [0.3, 0.4) is 0 Å². The number of alkyl halides is 3. The number of benzene rings is 2. The highest BCUT2D eigenvalue weighted by atomic mass is 32.2. The van der Waals surface area contributed by atoms with Crippen molar-refractivity contribution in [3.8, 4) is 0 Å². The molecule has 0 radical (unpaired) electrons. The molecular weight excluding hydrogens is 408 g/mol. The molecule has 5 nitrogen and oxygen atoms in total. The summed E-state index contributed by atoms with van der Waals surface area (Å²) in [6.07, 6.45) is -4.20. The minimum Gasteiger partial charge on any atom is -0.311 e. The Morgan fingerprint density at radius 3 is 2.83 bits per heavy atom. The molecule has 0 saturated carbocycles. The van der Waals surface area contributed by atoms with Crippen molar-refractivity contribution >= 4 is 34.4 Å². The minimum atomic E-state index is -4.71. The molecule has 1 aromatic heterocycles. The van der Waals surface area contributed by atoms with Crippen LogP contribution in [0.25, 0.3) is 11.0 Å². The maximum absolute atomic E-state index is 13.6. The van der Waals surface area contributed by atoms with E-state index in [1.807, 2.05) is 0 Å². The predicted molar refractivity (Wildman–Crippen MR) is 101 cm³/mol. The Morgan fingerprint density at radius 2 is 2.03 bits per heavy atom. The number of hydrogen-bond donors (Lipinski definition) is 1. The van der Waals surface area contributed by atoms with Crippen molar-refractivity contribution in [3.63, 3.8) is 0 Å². The lowest BCUT2D eigenvalue weighted by molar-refractivity contribution is -0.147. The van der Waals surface area contributed by atoms with E-state index >= 15 is 0 Å². The van der Waals surface area contributed by atoms with E-state index in [0.29, 0.717) is 23.4 Å². The van der Waals surface area contributed by atoms with Crippen molar-refractivity contribution < 1.29 is 22.4 Å². The summed E-state index contributed by atoms with van der Waals surface area (Å²) in [6, 6.07) is 10.4. The minimum absolute atomic E-state index is 0.146. The van der Waals surface area contributed by atoms with Crippen LogP contribution in [0.15, 0.2) is 52.5 Å². The van der Waals surface area contributed by atoms with Crippen molar-refractivity contribution in [3.05, 3.63) is 59.7 Å². The summed E-state index contributed by atoms with van der Waals surface area (Å²) in [7, 11) is 0. The first kappa shape index (κ1) is 19.4. The SMILES string of the molecule is O=C(Cn1c(C(F)(F)F)nc2ccccc21)N/N=C1/CCSc2ccc(F)cc21. The summed E-state index contributed by atoms with van der Waals surface area (Å²) in [5.74, 6) is -1.60. The van der Waals surface area contributed by atoms with Gasteiger partial charge in [0.25, 0.3) is 5.91 Å². The Hall–Kier alpha value is -2.88. The molecule has 1 aliphatic rings. The molecule has 1 N–H and O–H groups in total. The van der Waals surface area contributed by atoms with Crippen LogP contribution in [0.2, 0.25) is 0 Å². The zero-order chi connectivity index (χ0) is 20.6. The van der Waals surface area contributed by atoms with Gasteiger partial charge in [-0.1, -0.05) is 12.1 Å². The van der Waals surface area contributed by atoms with Crippen LogP contribution in [0, 0.1) is 5.82 Å². The second-order valence-electron chi connectivity index (χ2n) is 6.34. The van der Waals surface area contributed by atoms with Crippen molar-refractivity contribution in [1.82, 2.24) is 15.0 Å². The molecule has 4 rings (SSSR count). The van der Waals surface area contributed by atoms with Crippen molar-refractivity contribution in [1.29, 1.82) is 0 Å². The Kier molecular flexibility index (Phi) is 5.03. The molecular formula is C19H14F4N4OS. The van der Waals surface area contributed by atoms with E-state index in [9.17, 15) is 22.4 Å². The number of aromatic nitrogens is 2. The second kappa shape index (κ2) is 7.51. The van der Waals surface area contributed by atoms with E-state index in [-0.39, 0.29) is 11.0 Å². The number of hydrogen-bond acceptors (Lipinski definition) is 4. The van der Waals surface area contributed by atoms with Crippen molar-refractivity contribution in [2.45, 2.75) is 24.0 Å². The smallest absolute Gasteiger partial charge is 0.311 e. The standard InChI is InChI=1S/C19H14F4N4OS/c20-11-5-6-16-12(9-11)13(7-8-29-16)25-26-17(28)10-27-15-4-2-1-3-14(15)24-18(27)19(21,22)23/h1-6,9H,7-8,10H2,(H,26,28)/b25-13-. The van der Waals surface area contributed by atoms with Gasteiger partial charge >= 0.3 is 6.18 Å².